The smallest absolute Gasteiger partial charge is 0.119 e. The molecular weight excluding hydrogens is 254 g/mol. The summed E-state index contributed by atoms with van der Waals surface area (Å²) >= 11 is 0. The summed E-state index contributed by atoms with van der Waals surface area (Å²) in [5.41, 5.74) is 1.30. The van der Waals surface area contributed by atoms with Crippen molar-refractivity contribution in [3.8, 4) is 5.75 Å². The highest BCUT2D eigenvalue weighted by atomic mass is 16.5. The minimum Gasteiger partial charge on any atom is -0.491 e. The third-order valence-corrected chi connectivity index (χ3v) is 3.06. The summed E-state index contributed by atoms with van der Waals surface area (Å²) < 4.78 is 10.7. The maximum absolute atomic E-state index is 8.58. The molecule has 0 aliphatic rings. The Bertz CT molecular complexity index is 340. The van der Waals surface area contributed by atoms with Crippen molar-refractivity contribution in [3.63, 3.8) is 0 Å². The molecule has 1 aromatic rings. The van der Waals surface area contributed by atoms with E-state index in [0.717, 1.165) is 25.1 Å². The van der Waals surface area contributed by atoms with E-state index in [4.69, 9.17) is 14.6 Å². The van der Waals surface area contributed by atoms with Crippen LogP contribution in [-0.2, 0) is 4.74 Å². The molecule has 4 nitrogen and oxygen atoms in total. The van der Waals surface area contributed by atoms with Gasteiger partial charge in [-0.2, -0.15) is 0 Å². The van der Waals surface area contributed by atoms with Crippen molar-refractivity contribution in [1.82, 2.24) is 5.32 Å². The van der Waals surface area contributed by atoms with Gasteiger partial charge in [-0.15, -0.1) is 0 Å². The van der Waals surface area contributed by atoms with Gasteiger partial charge in [0.05, 0.1) is 19.8 Å². The molecule has 4 heteroatoms. The van der Waals surface area contributed by atoms with Crippen molar-refractivity contribution in [3.05, 3.63) is 29.8 Å². The van der Waals surface area contributed by atoms with Crippen molar-refractivity contribution in [2.75, 3.05) is 33.0 Å². The highest BCUT2D eigenvalue weighted by molar-refractivity contribution is 5.29. The standard InChI is InChI=1S/C16H27NO3/c1-3-9-17-16(4-2)14-5-7-15(8-6-14)20-13-12-19-11-10-18/h5-8,16-18H,3-4,9-13H2,1-2H3. The molecule has 114 valence electrons. The van der Waals surface area contributed by atoms with E-state index in [9.17, 15) is 0 Å². The van der Waals surface area contributed by atoms with E-state index < -0.39 is 0 Å². The fourth-order valence-electron chi connectivity index (χ4n) is 2.00. The fraction of sp³-hybridized carbons (Fsp3) is 0.625. The molecule has 0 aliphatic heterocycles. The Morgan fingerprint density at radius 3 is 2.45 bits per heavy atom. The zero-order valence-electron chi connectivity index (χ0n) is 12.6. The van der Waals surface area contributed by atoms with Gasteiger partial charge in [0.15, 0.2) is 0 Å². The van der Waals surface area contributed by atoms with Crippen LogP contribution in [0.2, 0.25) is 0 Å². The van der Waals surface area contributed by atoms with Gasteiger partial charge in [0.25, 0.3) is 0 Å². The number of nitrogens with one attached hydrogen (secondary N) is 1. The molecule has 1 unspecified atom stereocenters. The van der Waals surface area contributed by atoms with Crippen molar-refractivity contribution in [2.24, 2.45) is 0 Å². The number of hydrogen-bond donors (Lipinski definition) is 2. The molecule has 0 heterocycles. The summed E-state index contributed by atoms with van der Waals surface area (Å²) in [6.07, 6.45) is 2.22. The lowest BCUT2D eigenvalue weighted by atomic mass is 10.0. The zero-order valence-corrected chi connectivity index (χ0v) is 12.6. The van der Waals surface area contributed by atoms with E-state index in [1.807, 2.05) is 12.1 Å². The molecule has 0 aliphatic carbocycles. The predicted molar refractivity (Wildman–Crippen MR) is 81.2 cm³/mol. The molecule has 1 rings (SSSR count). The molecule has 1 atom stereocenters. The van der Waals surface area contributed by atoms with E-state index in [1.165, 1.54) is 5.56 Å². The molecule has 0 saturated carbocycles. The second kappa shape index (κ2) is 10.7. The van der Waals surface area contributed by atoms with E-state index in [-0.39, 0.29) is 6.61 Å². The van der Waals surface area contributed by atoms with Crippen LogP contribution in [0, 0.1) is 0 Å². The maximum atomic E-state index is 8.58. The molecule has 2 N–H and O–H groups in total. The Morgan fingerprint density at radius 2 is 1.85 bits per heavy atom. The largest absolute Gasteiger partial charge is 0.491 e. The minimum atomic E-state index is 0.0534. The summed E-state index contributed by atoms with van der Waals surface area (Å²) in [6, 6.07) is 8.63. The Kier molecular flexibility index (Phi) is 9.04. The third kappa shape index (κ3) is 6.37. The second-order valence-corrected chi connectivity index (χ2v) is 4.67. The Labute approximate surface area is 122 Å². The van der Waals surface area contributed by atoms with Crippen LogP contribution in [-0.4, -0.2) is 38.1 Å². The number of aliphatic hydroxyl groups excluding tert-OH is 1. The van der Waals surface area contributed by atoms with Crippen molar-refractivity contribution < 1.29 is 14.6 Å². The summed E-state index contributed by atoms with van der Waals surface area (Å²) in [4.78, 5) is 0. The molecule has 0 saturated heterocycles. The number of ether oxygens (including phenoxy) is 2. The van der Waals surface area contributed by atoms with Gasteiger partial charge in [0.1, 0.15) is 12.4 Å². The molecular formula is C16H27NO3. The number of rotatable bonds is 11. The highest BCUT2D eigenvalue weighted by Gasteiger charge is 2.07. The van der Waals surface area contributed by atoms with E-state index in [1.54, 1.807) is 0 Å². The van der Waals surface area contributed by atoms with Gasteiger partial charge in [0, 0.05) is 6.04 Å². The van der Waals surface area contributed by atoms with Crippen LogP contribution in [0.25, 0.3) is 0 Å². The van der Waals surface area contributed by atoms with Crippen LogP contribution in [0.5, 0.6) is 5.75 Å². The lowest BCUT2D eigenvalue weighted by Gasteiger charge is -2.17. The van der Waals surface area contributed by atoms with Gasteiger partial charge < -0.3 is 19.9 Å². The lowest BCUT2D eigenvalue weighted by Crippen LogP contribution is -2.21. The van der Waals surface area contributed by atoms with Crippen LogP contribution in [0.1, 0.15) is 38.3 Å². The van der Waals surface area contributed by atoms with Gasteiger partial charge >= 0.3 is 0 Å². The predicted octanol–water partition coefficient (Wildman–Crippen LogP) is 2.53. The molecule has 0 radical (unpaired) electrons. The normalized spacial score (nSPS) is 12.3. The molecule has 0 spiro atoms. The molecule has 0 bridgehead atoms. The van der Waals surface area contributed by atoms with E-state index >= 15 is 0 Å². The summed E-state index contributed by atoms with van der Waals surface area (Å²) in [5, 5.41) is 12.1. The van der Waals surface area contributed by atoms with E-state index in [0.29, 0.717) is 25.9 Å². The summed E-state index contributed by atoms with van der Waals surface area (Å²) in [7, 11) is 0. The number of benzene rings is 1. The average Bonchev–Trinajstić information content (AvgIpc) is 2.49. The van der Waals surface area contributed by atoms with Gasteiger partial charge in [-0.3, -0.25) is 0 Å². The van der Waals surface area contributed by atoms with E-state index in [2.05, 4.69) is 31.3 Å². The van der Waals surface area contributed by atoms with Gasteiger partial charge in [-0.1, -0.05) is 26.0 Å². The molecule has 0 amide bonds. The second-order valence-electron chi connectivity index (χ2n) is 4.67. The third-order valence-electron chi connectivity index (χ3n) is 3.06. The first-order chi connectivity index (χ1) is 9.81. The quantitative estimate of drug-likeness (QED) is 0.612. The van der Waals surface area contributed by atoms with Crippen LogP contribution in [0.4, 0.5) is 0 Å². The van der Waals surface area contributed by atoms with Crippen LogP contribution in [0.15, 0.2) is 24.3 Å². The lowest BCUT2D eigenvalue weighted by molar-refractivity contribution is 0.0705. The van der Waals surface area contributed by atoms with Gasteiger partial charge in [-0.05, 0) is 37.1 Å². The van der Waals surface area contributed by atoms with Crippen molar-refractivity contribution in [1.29, 1.82) is 0 Å². The average molecular weight is 281 g/mol. The van der Waals surface area contributed by atoms with Crippen LogP contribution >= 0.6 is 0 Å². The van der Waals surface area contributed by atoms with Crippen molar-refractivity contribution in [2.45, 2.75) is 32.7 Å². The fourth-order valence-corrected chi connectivity index (χ4v) is 2.00. The monoisotopic (exact) mass is 281 g/mol. The van der Waals surface area contributed by atoms with Gasteiger partial charge in [-0.25, -0.2) is 0 Å². The first kappa shape index (κ1) is 17.0. The van der Waals surface area contributed by atoms with Crippen molar-refractivity contribution >= 4 is 0 Å². The summed E-state index contributed by atoms with van der Waals surface area (Å²) in [6.45, 7) is 6.83. The first-order valence-electron chi connectivity index (χ1n) is 7.46. The number of hydrogen-bond acceptors (Lipinski definition) is 4. The first-order valence-corrected chi connectivity index (χ1v) is 7.46. The zero-order chi connectivity index (χ0) is 14.6. The molecule has 1 aromatic carbocycles. The Hall–Kier alpha value is -1.10. The maximum Gasteiger partial charge on any atom is 0.119 e. The Balaban J connectivity index is 2.38. The van der Waals surface area contributed by atoms with Gasteiger partial charge in [0.2, 0.25) is 0 Å². The highest BCUT2D eigenvalue weighted by Crippen LogP contribution is 2.20. The SMILES string of the molecule is CCCNC(CC)c1ccc(OCCOCCO)cc1. The minimum absolute atomic E-state index is 0.0534. The number of aliphatic hydroxyl groups is 1. The molecule has 0 fully saturated rings. The molecule has 0 aromatic heterocycles. The topological polar surface area (TPSA) is 50.7 Å². The van der Waals surface area contributed by atoms with Crippen LogP contribution in [0.3, 0.4) is 0 Å². The van der Waals surface area contributed by atoms with Crippen LogP contribution < -0.4 is 10.1 Å². The Morgan fingerprint density at radius 1 is 1.10 bits per heavy atom. The summed E-state index contributed by atoms with van der Waals surface area (Å²) in [5.74, 6) is 0.853. The molecule has 20 heavy (non-hydrogen) atoms.